The molecule has 0 aromatic carbocycles. The van der Waals surface area contributed by atoms with Gasteiger partial charge in [0.15, 0.2) is 0 Å². The van der Waals surface area contributed by atoms with Gasteiger partial charge in [0.05, 0.1) is 12.2 Å². The van der Waals surface area contributed by atoms with Crippen molar-refractivity contribution in [3.05, 3.63) is 0 Å². The molecule has 0 aromatic rings. The molecule has 5 heteroatoms. The van der Waals surface area contributed by atoms with Gasteiger partial charge in [-0.1, -0.05) is 27.7 Å². The number of hydrogen-bond donors (Lipinski definition) is 0. The zero-order valence-corrected chi connectivity index (χ0v) is 19.6. The van der Waals surface area contributed by atoms with E-state index >= 15 is 0 Å². The maximum Gasteiger partial charge on any atom is 0.146 e. The lowest BCUT2D eigenvalue weighted by atomic mass is 9.44. The van der Waals surface area contributed by atoms with Gasteiger partial charge in [0.25, 0.3) is 0 Å². The second-order valence-electron chi connectivity index (χ2n) is 10.5. The van der Waals surface area contributed by atoms with Crippen LogP contribution in [0.25, 0.3) is 0 Å². The smallest absolute Gasteiger partial charge is 0.146 e. The minimum absolute atomic E-state index is 0.00243. The quantitative estimate of drug-likeness (QED) is 0.580. The van der Waals surface area contributed by atoms with Gasteiger partial charge in [0.1, 0.15) is 12.6 Å². The Balaban J connectivity index is 2.14. The zero-order valence-electron chi connectivity index (χ0n) is 19.6. The summed E-state index contributed by atoms with van der Waals surface area (Å²) in [6.45, 7) is 9.97. The molecule has 3 aliphatic carbocycles. The largest absolute Gasteiger partial charge is 0.385 e. The Kier molecular flexibility index (Phi) is 6.85. The number of carbonyl (C=O) groups excluding carboxylic acids is 1. The van der Waals surface area contributed by atoms with E-state index in [1.54, 1.807) is 14.2 Å². The molecule has 0 N–H and O–H groups in total. The van der Waals surface area contributed by atoms with Gasteiger partial charge in [0.2, 0.25) is 0 Å². The lowest BCUT2D eigenvalue weighted by molar-refractivity contribution is -0.220. The highest BCUT2D eigenvalue weighted by Gasteiger charge is 2.68. The molecule has 0 spiro atoms. The van der Waals surface area contributed by atoms with Crippen LogP contribution in [0.3, 0.4) is 0 Å². The summed E-state index contributed by atoms with van der Waals surface area (Å²) in [6.07, 6.45) is 5.95. The number of methoxy groups -OCH3 is 3. The molecule has 0 unspecified atom stereocenters. The van der Waals surface area contributed by atoms with Crippen molar-refractivity contribution in [3.63, 3.8) is 0 Å². The molecule has 5 nitrogen and oxygen atoms in total. The Labute approximate surface area is 177 Å². The Bertz CT molecular complexity index is 594. The Hall–Kier alpha value is -0.490. The lowest BCUT2D eigenvalue weighted by Gasteiger charge is -2.62. The van der Waals surface area contributed by atoms with Gasteiger partial charge in [-0.05, 0) is 55.8 Å². The number of carbonyl (C=O) groups is 1. The highest BCUT2D eigenvalue weighted by Crippen LogP contribution is 2.68. The summed E-state index contributed by atoms with van der Waals surface area (Å²) < 4.78 is 23.2. The third-order valence-electron chi connectivity index (χ3n) is 9.39. The van der Waals surface area contributed by atoms with Crippen LogP contribution < -0.4 is 0 Å². The predicted molar refractivity (Wildman–Crippen MR) is 113 cm³/mol. The summed E-state index contributed by atoms with van der Waals surface area (Å²) in [4.78, 5) is 14.0. The summed E-state index contributed by atoms with van der Waals surface area (Å²) >= 11 is 0. The van der Waals surface area contributed by atoms with E-state index in [-0.39, 0.29) is 35.7 Å². The van der Waals surface area contributed by atoms with E-state index < -0.39 is 5.41 Å². The number of ketones is 1. The van der Waals surface area contributed by atoms with Crippen molar-refractivity contribution in [1.82, 2.24) is 0 Å². The first-order valence-corrected chi connectivity index (χ1v) is 11.4. The van der Waals surface area contributed by atoms with Crippen molar-refractivity contribution in [2.24, 2.45) is 34.0 Å². The van der Waals surface area contributed by atoms with Gasteiger partial charge in [-0.3, -0.25) is 4.79 Å². The van der Waals surface area contributed by atoms with Gasteiger partial charge >= 0.3 is 0 Å². The van der Waals surface area contributed by atoms with Crippen LogP contribution in [0.5, 0.6) is 0 Å². The molecule has 8 atom stereocenters. The predicted octanol–water partition coefficient (Wildman–Crippen LogP) is 4.47. The van der Waals surface area contributed by atoms with E-state index in [1.165, 1.54) is 0 Å². The SMILES string of the molecule is COCC[C@]1(C)C[C@@H](OCOC)[C@]2(C)[C@H](C)CC[C@]3(CC[C@@H](OC)[C@@H]32)[C@@H](C)C1=O. The molecule has 2 bridgehead atoms. The van der Waals surface area contributed by atoms with E-state index in [2.05, 4.69) is 27.7 Å². The normalized spacial score (nSPS) is 47.6. The van der Waals surface area contributed by atoms with Gasteiger partial charge in [-0.15, -0.1) is 0 Å². The molecular weight excluding hydrogens is 368 g/mol. The summed E-state index contributed by atoms with van der Waals surface area (Å²) in [5, 5.41) is 0. The molecule has 3 aliphatic rings. The van der Waals surface area contributed by atoms with Crippen LogP contribution in [0.1, 0.15) is 66.2 Å². The van der Waals surface area contributed by atoms with Crippen molar-refractivity contribution in [2.75, 3.05) is 34.7 Å². The van der Waals surface area contributed by atoms with Crippen molar-refractivity contribution < 1.29 is 23.7 Å². The molecule has 29 heavy (non-hydrogen) atoms. The summed E-state index contributed by atoms with van der Waals surface area (Å²) in [6, 6.07) is 0. The van der Waals surface area contributed by atoms with Crippen LogP contribution in [0.15, 0.2) is 0 Å². The molecule has 168 valence electrons. The van der Waals surface area contributed by atoms with Crippen molar-refractivity contribution in [3.8, 4) is 0 Å². The monoisotopic (exact) mass is 410 g/mol. The lowest BCUT2D eigenvalue weighted by Crippen LogP contribution is -2.63. The van der Waals surface area contributed by atoms with Crippen LogP contribution in [0.4, 0.5) is 0 Å². The zero-order chi connectivity index (χ0) is 21.4. The molecule has 0 aliphatic heterocycles. The molecular formula is C24H42O5. The van der Waals surface area contributed by atoms with Crippen molar-refractivity contribution >= 4 is 5.78 Å². The minimum atomic E-state index is -0.449. The van der Waals surface area contributed by atoms with Crippen LogP contribution >= 0.6 is 0 Å². The van der Waals surface area contributed by atoms with Gasteiger partial charge < -0.3 is 18.9 Å². The van der Waals surface area contributed by atoms with Gasteiger partial charge in [-0.25, -0.2) is 0 Å². The van der Waals surface area contributed by atoms with Crippen molar-refractivity contribution in [2.45, 2.75) is 78.4 Å². The fourth-order valence-electron chi connectivity index (χ4n) is 7.44. The van der Waals surface area contributed by atoms with Crippen molar-refractivity contribution in [1.29, 1.82) is 0 Å². The maximum absolute atomic E-state index is 14.0. The molecule has 0 amide bonds. The number of ether oxygens (including phenoxy) is 4. The third kappa shape index (κ3) is 3.50. The van der Waals surface area contributed by atoms with Crippen LogP contribution in [-0.2, 0) is 23.7 Å². The van der Waals surface area contributed by atoms with E-state index in [0.29, 0.717) is 30.6 Å². The average molecular weight is 411 g/mol. The molecule has 0 aromatic heterocycles. The highest BCUT2D eigenvalue weighted by atomic mass is 16.7. The standard InChI is InChI=1S/C24H42O5/c1-16-8-10-24-11-9-18(28-7)20(24)23(16,4)19(29-15-27-6)14-22(3,12-13-26-5)21(25)17(24)2/h16-20H,8-15H2,1-7H3/t16-,17+,18-,19-,20-,22-,23+,24+/m1/s1. The average Bonchev–Trinajstić information content (AvgIpc) is 3.11. The van der Waals surface area contributed by atoms with E-state index in [0.717, 1.165) is 32.1 Å². The number of Topliss-reactive ketones (excluding diaryl/α,β-unsaturated/α-hetero) is 1. The number of hydrogen-bond acceptors (Lipinski definition) is 5. The first-order chi connectivity index (χ1) is 13.7. The fourth-order valence-corrected chi connectivity index (χ4v) is 7.44. The summed E-state index contributed by atoms with van der Waals surface area (Å²) in [5.74, 6) is 1.26. The molecule has 0 radical (unpaired) electrons. The number of rotatable bonds is 7. The molecule has 0 saturated heterocycles. The van der Waals surface area contributed by atoms with E-state index in [1.807, 2.05) is 7.11 Å². The topological polar surface area (TPSA) is 54.0 Å². The van der Waals surface area contributed by atoms with E-state index in [9.17, 15) is 4.79 Å². The molecule has 3 saturated carbocycles. The Morgan fingerprint density at radius 3 is 2.34 bits per heavy atom. The van der Waals surface area contributed by atoms with Crippen LogP contribution in [0.2, 0.25) is 0 Å². The summed E-state index contributed by atoms with van der Waals surface area (Å²) in [5.41, 5.74) is -0.505. The second-order valence-corrected chi connectivity index (χ2v) is 10.5. The molecule has 3 fully saturated rings. The first-order valence-electron chi connectivity index (χ1n) is 11.4. The highest BCUT2D eigenvalue weighted by molar-refractivity contribution is 5.87. The maximum atomic E-state index is 14.0. The minimum Gasteiger partial charge on any atom is -0.385 e. The Morgan fingerprint density at radius 2 is 1.72 bits per heavy atom. The summed E-state index contributed by atoms with van der Waals surface area (Å²) in [7, 11) is 5.23. The van der Waals surface area contributed by atoms with Crippen LogP contribution in [0, 0.1) is 34.0 Å². The van der Waals surface area contributed by atoms with E-state index in [4.69, 9.17) is 18.9 Å². The van der Waals surface area contributed by atoms with Gasteiger partial charge in [0, 0.05) is 44.7 Å². The third-order valence-corrected chi connectivity index (χ3v) is 9.39. The molecule has 3 rings (SSSR count). The van der Waals surface area contributed by atoms with Gasteiger partial charge in [-0.2, -0.15) is 0 Å². The first kappa shape index (κ1) is 23.2. The van der Waals surface area contributed by atoms with Crippen LogP contribution in [-0.4, -0.2) is 52.7 Å². The molecule has 0 heterocycles. The fraction of sp³-hybridized carbons (Fsp3) is 0.958. The Morgan fingerprint density at radius 1 is 1.03 bits per heavy atom. The second kappa shape index (κ2) is 8.57.